The Morgan fingerprint density at radius 3 is 2.53 bits per heavy atom. The number of carbonyl (C=O) groups excluding carboxylic acids is 5. The van der Waals surface area contributed by atoms with Crippen molar-refractivity contribution in [3.63, 3.8) is 0 Å². The molecule has 0 aromatic heterocycles. The van der Waals surface area contributed by atoms with Crippen molar-refractivity contribution in [1.29, 1.82) is 0 Å². The van der Waals surface area contributed by atoms with Crippen molar-refractivity contribution < 1.29 is 57.6 Å². The van der Waals surface area contributed by atoms with Gasteiger partial charge in [0.15, 0.2) is 6.04 Å². The van der Waals surface area contributed by atoms with Gasteiger partial charge in [-0.2, -0.15) is 5.06 Å². The Labute approximate surface area is 306 Å². The Balaban J connectivity index is 1.19. The maximum Gasteiger partial charge on any atom is 0.348 e. The van der Waals surface area contributed by atoms with Gasteiger partial charge in [-0.05, 0) is 22.8 Å². The van der Waals surface area contributed by atoms with Crippen molar-refractivity contribution >= 4 is 35.8 Å². The second kappa shape index (κ2) is 14.6. The van der Waals surface area contributed by atoms with Crippen molar-refractivity contribution in [1.82, 2.24) is 15.3 Å². The summed E-state index contributed by atoms with van der Waals surface area (Å²) < 4.78 is 28.3. The van der Waals surface area contributed by atoms with E-state index in [4.69, 9.17) is 28.5 Å². The van der Waals surface area contributed by atoms with E-state index in [-0.39, 0.29) is 45.9 Å². The molecule has 5 aliphatic rings. The van der Waals surface area contributed by atoms with Crippen LogP contribution in [0.1, 0.15) is 37.0 Å². The molecule has 15 nitrogen and oxygen atoms in total. The zero-order valence-corrected chi connectivity index (χ0v) is 29.7. The highest BCUT2D eigenvalue weighted by Crippen LogP contribution is 2.56. The van der Waals surface area contributed by atoms with Gasteiger partial charge in [0.1, 0.15) is 49.3 Å². The number of nitrogens with zero attached hydrogens (tertiary/aromatic N) is 2. The number of cyclic esters (lactones) is 1. The largest absolute Gasteiger partial charge is 0.462 e. The fourth-order valence-electron chi connectivity index (χ4n) is 8.08. The number of fused-ring (bicyclic) bond motifs is 4. The van der Waals surface area contributed by atoms with E-state index < -0.39 is 83.2 Å². The smallest absolute Gasteiger partial charge is 0.348 e. The molecule has 5 fully saturated rings. The monoisotopic (exact) mass is 733 g/mol. The highest BCUT2D eigenvalue weighted by molar-refractivity contribution is 5.96. The lowest BCUT2D eigenvalue weighted by molar-refractivity contribution is -0.204. The van der Waals surface area contributed by atoms with Gasteiger partial charge in [-0.25, -0.2) is 9.59 Å². The number of nitrogens with one attached hydrogen (secondary N) is 1. The third-order valence-corrected chi connectivity index (χ3v) is 10.8. The summed E-state index contributed by atoms with van der Waals surface area (Å²) in [6.07, 6.45) is -1.20. The summed E-state index contributed by atoms with van der Waals surface area (Å²) in [5, 5.41) is 13.6. The minimum atomic E-state index is -1.52. The molecule has 15 heteroatoms. The van der Waals surface area contributed by atoms with Gasteiger partial charge in [-0.3, -0.25) is 19.2 Å². The van der Waals surface area contributed by atoms with Gasteiger partial charge in [0.2, 0.25) is 17.9 Å². The van der Waals surface area contributed by atoms with Crippen molar-refractivity contribution in [2.45, 2.75) is 75.8 Å². The molecular weight excluding hydrogens is 690 g/mol. The van der Waals surface area contributed by atoms with E-state index in [1.807, 2.05) is 30.3 Å². The predicted octanol–water partition coefficient (Wildman–Crippen LogP) is 0.914. The van der Waals surface area contributed by atoms with Crippen LogP contribution >= 0.6 is 0 Å². The van der Waals surface area contributed by atoms with E-state index >= 15 is 4.79 Å². The molecule has 1 saturated carbocycles. The first-order chi connectivity index (χ1) is 25.4. The second-order valence-corrected chi connectivity index (χ2v) is 14.7. The number of hydrogen-bond donors (Lipinski definition) is 2. The van der Waals surface area contributed by atoms with E-state index in [1.165, 1.54) is 23.1 Å². The number of rotatable bonds is 12. The van der Waals surface area contributed by atoms with Crippen molar-refractivity contribution in [3.8, 4) is 0 Å². The number of benzene rings is 2. The number of aliphatic hydroxyl groups excluding tert-OH is 1. The van der Waals surface area contributed by atoms with E-state index in [0.29, 0.717) is 11.1 Å². The lowest BCUT2D eigenvalue weighted by atomic mass is 9.62. The van der Waals surface area contributed by atoms with E-state index in [1.54, 1.807) is 44.2 Å². The Bertz CT molecular complexity index is 1780. The van der Waals surface area contributed by atoms with Crippen LogP contribution in [0.5, 0.6) is 0 Å². The number of likely N-dealkylation sites (N-methyl/N-ethyl adjacent to an activating group) is 1. The third-order valence-electron chi connectivity index (χ3n) is 10.8. The van der Waals surface area contributed by atoms with Gasteiger partial charge >= 0.3 is 17.9 Å². The Morgan fingerprint density at radius 2 is 1.79 bits per heavy atom. The fourth-order valence-corrected chi connectivity index (χ4v) is 8.08. The number of esters is 3. The summed E-state index contributed by atoms with van der Waals surface area (Å²) >= 11 is 0. The van der Waals surface area contributed by atoms with Crippen LogP contribution in [0.3, 0.4) is 0 Å². The molecule has 2 bridgehead atoms. The summed E-state index contributed by atoms with van der Waals surface area (Å²) in [7, 11) is 1.53. The predicted molar refractivity (Wildman–Crippen MR) is 183 cm³/mol. The van der Waals surface area contributed by atoms with Crippen LogP contribution in [0.25, 0.3) is 6.08 Å². The van der Waals surface area contributed by atoms with Crippen molar-refractivity contribution in [2.75, 3.05) is 33.6 Å². The average Bonchev–Trinajstić information content (AvgIpc) is 3.84. The molecule has 0 radical (unpaired) electrons. The Kier molecular flexibility index (Phi) is 10.1. The van der Waals surface area contributed by atoms with Gasteiger partial charge in [-0.1, -0.05) is 68.4 Å². The molecule has 4 heterocycles. The summed E-state index contributed by atoms with van der Waals surface area (Å²) in [4.78, 5) is 75.6. The zero-order valence-electron chi connectivity index (χ0n) is 29.7. The molecule has 0 unspecified atom stereocenters. The quantitative estimate of drug-likeness (QED) is 0.179. The first-order valence-corrected chi connectivity index (χ1v) is 17.6. The molecule has 8 atom stereocenters. The fraction of sp³-hybridized carbons (Fsp3) is 0.500. The molecule has 1 aliphatic carbocycles. The summed E-state index contributed by atoms with van der Waals surface area (Å²) in [5.74, 6) is -2.96. The van der Waals surface area contributed by atoms with Crippen LogP contribution in [-0.4, -0.2) is 121 Å². The Hall–Kier alpha value is -4.67. The highest BCUT2D eigenvalue weighted by atomic mass is 16.8. The molecule has 0 spiro atoms. The van der Waals surface area contributed by atoms with Crippen LogP contribution < -0.4 is 5.32 Å². The van der Waals surface area contributed by atoms with Gasteiger partial charge in [0, 0.05) is 37.9 Å². The molecule has 2 aromatic carbocycles. The topological polar surface area (TPSA) is 179 Å². The highest BCUT2D eigenvalue weighted by Gasteiger charge is 2.75. The summed E-state index contributed by atoms with van der Waals surface area (Å²) in [5.41, 5.74) is -0.139. The first kappa shape index (κ1) is 36.7. The van der Waals surface area contributed by atoms with Crippen molar-refractivity contribution in [3.05, 3.63) is 77.4 Å². The number of hydrogen-bond acceptors (Lipinski definition) is 13. The maximum absolute atomic E-state index is 15.1. The lowest BCUT2D eigenvalue weighted by Crippen LogP contribution is -2.70. The van der Waals surface area contributed by atoms with Crippen molar-refractivity contribution in [2.24, 2.45) is 10.8 Å². The Morgan fingerprint density at radius 1 is 1.06 bits per heavy atom. The van der Waals surface area contributed by atoms with Crippen LogP contribution in [0, 0.1) is 10.8 Å². The molecular formula is C38H43N3O12. The molecule has 2 amide bonds. The normalized spacial score (nSPS) is 30.3. The van der Waals surface area contributed by atoms with E-state index in [2.05, 4.69) is 5.32 Å². The van der Waals surface area contributed by atoms with Crippen LogP contribution in [-0.2, 0) is 65.5 Å². The molecule has 282 valence electrons. The summed E-state index contributed by atoms with van der Waals surface area (Å²) in [6.45, 7) is 3.33. The standard InChI is InChI=1S/C38H43N3O12/c1-37(2)20-48-35(46)32(37)52-27(43)14-13-23-11-7-8-12-24(23)19-41-30-34(45)51-26-18-38(30,31(53-41)29-28(26)49-21-50-29)36(47)40(3)25(33(44)39-15-16-42)17-22-9-5-4-6-10-22/h4-14,25-26,28-32,42H,15-21H2,1-3H3,(H,39,44)/t25-,26-,28+,29+,30+,31-,32+,38+/m1/s1. The minimum absolute atomic E-state index is 0.000105. The lowest BCUT2D eigenvalue weighted by Gasteiger charge is -2.50. The first-order valence-electron chi connectivity index (χ1n) is 17.6. The number of carbonyl (C=O) groups is 5. The average molecular weight is 734 g/mol. The maximum atomic E-state index is 15.1. The summed E-state index contributed by atoms with van der Waals surface area (Å²) in [6, 6.07) is 14.2. The van der Waals surface area contributed by atoms with Crippen LogP contribution in [0.4, 0.5) is 0 Å². The minimum Gasteiger partial charge on any atom is -0.462 e. The molecule has 7 rings (SSSR count). The number of hydroxylamine groups is 2. The van der Waals surface area contributed by atoms with Gasteiger partial charge in [0.25, 0.3) is 0 Å². The number of amides is 2. The molecule has 2 N–H and O–H groups in total. The van der Waals surface area contributed by atoms with Crippen LogP contribution in [0.15, 0.2) is 60.7 Å². The van der Waals surface area contributed by atoms with Gasteiger partial charge in [-0.15, -0.1) is 0 Å². The van der Waals surface area contributed by atoms with Crippen LogP contribution in [0.2, 0.25) is 0 Å². The molecule has 53 heavy (non-hydrogen) atoms. The van der Waals surface area contributed by atoms with E-state index in [0.717, 1.165) is 5.56 Å². The van der Waals surface area contributed by atoms with Gasteiger partial charge < -0.3 is 39.0 Å². The SMILES string of the molecule is CN(C(=O)[C@@]12C[C@H]3OC(=O)[C@@H]1N(Cc1ccccc1C=CC(=O)O[C@H]1C(=O)OCC1(C)C)O[C@@H]2[C@H]1OCO[C@H]13)[C@H](Cc1ccccc1)C(=O)NCCO. The molecule has 4 aliphatic heterocycles. The van der Waals surface area contributed by atoms with E-state index in [9.17, 15) is 24.3 Å². The third kappa shape index (κ3) is 6.72. The zero-order chi connectivity index (χ0) is 37.5. The molecule has 2 aromatic rings. The number of ether oxygens (including phenoxy) is 5. The number of aliphatic hydroxyl groups is 1. The molecule has 4 saturated heterocycles. The van der Waals surface area contributed by atoms with Gasteiger partial charge in [0.05, 0.1) is 13.2 Å². The second-order valence-electron chi connectivity index (χ2n) is 14.7.